The van der Waals surface area contributed by atoms with Crippen LogP contribution in [0.1, 0.15) is 24.6 Å². The third-order valence-electron chi connectivity index (χ3n) is 4.93. The molecule has 26 heavy (non-hydrogen) atoms. The van der Waals surface area contributed by atoms with E-state index < -0.39 is 0 Å². The Bertz CT molecular complexity index is 822. The molecule has 3 rings (SSSR count). The predicted molar refractivity (Wildman–Crippen MR) is 106 cm³/mol. The van der Waals surface area contributed by atoms with Crippen molar-refractivity contribution in [3.05, 3.63) is 34.2 Å². The number of nitrogens with two attached hydrogens (primary N) is 1. The van der Waals surface area contributed by atoms with Gasteiger partial charge in [-0.1, -0.05) is 29.8 Å². The first-order valence-electron chi connectivity index (χ1n) is 8.78. The largest absolute Gasteiger partial charge is 0.341 e. The molecule has 2 amide bonds. The summed E-state index contributed by atoms with van der Waals surface area (Å²) in [4.78, 5) is 29.2. The quantitative estimate of drug-likeness (QED) is 0.871. The first-order valence-corrected chi connectivity index (χ1v) is 9.98. The van der Waals surface area contributed by atoms with Crippen LogP contribution in [-0.2, 0) is 16.1 Å². The van der Waals surface area contributed by atoms with Gasteiger partial charge in [-0.25, -0.2) is 0 Å². The minimum absolute atomic E-state index is 0.0321. The van der Waals surface area contributed by atoms with E-state index in [9.17, 15) is 9.59 Å². The zero-order valence-corrected chi connectivity index (χ0v) is 16.6. The molecule has 2 heterocycles. The Hall–Kier alpha value is -1.63. The maximum atomic E-state index is 13.0. The Morgan fingerprint density at radius 3 is 2.73 bits per heavy atom. The van der Waals surface area contributed by atoms with Gasteiger partial charge in [0, 0.05) is 48.1 Å². The number of benzene rings is 1. The number of amides is 2. The van der Waals surface area contributed by atoms with E-state index in [0.29, 0.717) is 26.1 Å². The van der Waals surface area contributed by atoms with Crippen molar-refractivity contribution in [2.45, 2.75) is 32.4 Å². The molecular weight excluding hydrogens is 370 g/mol. The van der Waals surface area contributed by atoms with Crippen molar-refractivity contribution in [1.29, 1.82) is 0 Å². The first kappa shape index (κ1) is 19.1. The van der Waals surface area contributed by atoms with Crippen LogP contribution in [0.5, 0.6) is 0 Å². The van der Waals surface area contributed by atoms with Gasteiger partial charge < -0.3 is 15.5 Å². The molecule has 1 aromatic carbocycles. The van der Waals surface area contributed by atoms with Gasteiger partial charge in [-0.2, -0.15) is 0 Å². The highest BCUT2D eigenvalue weighted by Gasteiger charge is 2.30. The third kappa shape index (κ3) is 4.03. The van der Waals surface area contributed by atoms with Crippen LogP contribution in [0.25, 0.3) is 10.1 Å². The molecule has 0 aliphatic carbocycles. The molecule has 1 aromatic heterocycles. The fraction of sp³-hybridized carbons (Fsp3) is 0.474. The molecule has 0 saturated carbocycles. The second-order valence-electron chi connectivity index (χ2n) is 6.99. The third-order valence-corrected chi connectivity index (χ3v) is 6.63. The number of likely N-dealkylation sites (tertiary alicyclic amines) is 1. The number of thiophene rings is 1. The van der Waals surface area contributed by atoms with Crippen LogP contribution < -0.4 is 5.73 Å². The number of hydrogen-bond acceptors (Lipinski definition) is 4. The number of hydrogen-bond donors (Lipinski definition) is 1. The standard InChI is InChI=1S/C19H24ClN3O2S/c1-12(24)23-9-13(7-8-14(21)10-23)19(25)22(2)11-17-18(20)15-5-3-4-6-16(15)26-17/h3-6,13-14H,7-11,21H2,1-2H3/t13-,14+/m1/s1. The van der Waals surface area contributed by atoms with Crippen LogP contribution in [0.15, 0.2) is 24.3 Å². The number of carbonyl (C=O) groups excluding carboxylic acids is 2. The summed E-state index contributed by atoms with van der Waals surface area (Å²) in [6.07, 6.45) is 1.45. The number of carbonyl (C=O) groups is 2. The Morgan fingerprint density at radius 1 is 1.31 bits per heavy atom. The highest BCUT2D eigenvalue weighted by atomic mass is 35.5. The van der Waals surface area contributed by atoms with Crippen molar-refractivity contribution in [1.82, 2.24) is 9.80 Å². The van der Waals surface area contributed by atoms with Crippen molar-refractivity contribution in [3.8, 4) is 0 Å². The fourth-order valence-electron chi connectivity index (χ4n) is 3.45. The van der Waals surface area contributed by atoms with Gasteiger partial charge in [0.15, 0.2) is 0 Å². The van der Waals surface area contributed by atoms with E-state index in [-0.39, 0.29) is 23.8 Å². The van der Waals surface area contributed by atoms with Crippen LogP contribution in [0.4, 0.5) is 0 Å². The molecule has 1 aliphatic heterocycles. The average molecular weight is 394 g/mol. The van der Waals surface area contributed by atoms with Crippen molar-refractivity contribution >= 4 is 44.8 Å². The maximum Gasteiger partial charge on any atom is 0.227 e. The minimum Gasteiger partial charge on any atom is -0.341 e. The molecule has 5 nitrogen and oxygen atoms in total. The van der Waals surface area contributed by atoms with Crippen molar-refractivity contribution in [2.24, 2.45) is 11.7 Å². The maximum absolute atomic E-state index is 13.0. The minimum atomic E-state index is -0.217. The summed E-state index contributed by atoms with van der Waals surface area (Å²) in [5.74, 6) is -0.208. The van der Waals surface area contributed by atoms with Gasteiger partial charge >= 0.3 is 0 Å². The zero-order chi connectivity index (χ0) is 18.8. The van der Waals surface area contributed by atoms with Gasteiger partial charge in [0.2, 0.25) is 11.8 Å². The van der Waals surface area contributed by atoms with Gasteiger partial charge in [0.1, 0.15) is 0 Å². The SMILES string of the molecule is CC(=O)N1C[C@@H](N)CC[C@@H](C(=O)N(C)Cc2sc3ccccc3c2Cl)C1. The van der Waals surface area contributed by atoms with Crippen LogP contribution in [0, 0.1) is 5.92 Å². The van der Waals surface area contributed by atoms with E-state index in [1.807, 2.05) is 24.3 Å². The summed E-state index contributed by atoms with van der Waals surface area (Å²) in [6.45, 7) is 2.96. The Labute approximate surface area is 162 Å². The molecule has 0 spiro atoms. The highest BCUT2D eigenvalue weighted by molar-refractivity contribution is 7.19. The molecule has 0 radical (unpaired) electrons. The summed E-state index contributed by atoms with van der Waals surface area (Å²) < 4.78 is 1.12. The van der Waals surface area contributed by atoms with Gasteiger partial charge in [0.05, 0.1) is 17.5 Å². The van der Waals surface area contributed by atoms with E-state index in [1.54, 1.807) is 28.2 Å². The normalized spacial score (nSPS) is 20.8. The fourth-order valence-corrected chi connectivity index (χ4v) is 5.00. The van der Waals surface area contributed by atoms with Crippen LogP contribution in [0.3, 0.4) is 0 Å². The van der Waals surface area contributed by atoms with Gasteiger partial charge in [-0.3, -0.25) is 9.59 Å². The van der Waals surface area contributed by atoms with E-state index in [0.717, 1.165) is 26.4 Å². The van der Waals surface area contributed by atoms with Crippen molar-refractivity contribution in [2.75, 3.05) is 20.1 Å². The van der Waals surface area contributed by atoms with Crippen LogP contribution >= 0.6 is 22.9 Å². The van der Waals surface area contributed by atoms with Crippen LogP contribution in [-0.4, -0.2) is 47.8 Å². The number of halogens is 1. The molecule has 1 fully saturated rings. The summed E-state index contributed by atoms with van der Waals surface area (Å²) >= 11 is 8.12. The molecule has 7 heteroatoms. The molecule has 1 saturated heterocycles. The predicted octanol–water partition coefficient (Wildman–Crippen LogP) is 3.10. The molecule has 2 atom stereocenters. The lowest BCUT2D eigenvalue weighted by molar-refractivity contribution is -0.137. The second-order valence-corrected chi connectivity index (χ2v) is 8.50. The molecule has 2 N–H and O–H groups in total. The van der Waals surface area contributed by atoms with Crippen LogP contribution in [0.2, 0.25) is 5.02 Å². The van der Waals surface area contributed by atoms with E-state index in [2.05, 4.69) is 0 Å². The zero-order valence-electron chi connectivity index (χ0n) is 15.1. The van der Waals surface area contributed by atoms with Gasteiger partial charge in [-0.05, 0) is 18.9 Å². The lowest BCUT2D eigenvalue weighted by Crippen LogP contribution is -2.42. The monoisotopic (exact) mass is 393 g/mol. The van der Waals surface area contributed by atoms with Gasteiger partial charge in [0.25, 0.3) is 0 Å². The molecule has 140 valence electrons. The summed E-state index contributed by atoms with van der Waals surface area (Å²) in [5, 5.41) is 1.75. The van der Waals surface area contributed by atoms with E-state index in [1.165, 1.54) is 6.92 Å². The van der Waals surface area contributed by atoms with Gasteiger partial charge in [-0.15, -0.1) is 11.3 Å². The molecule has 1 aliphatic rings. The molecule has 0 bridgehead atoms. The van der Waals surface area contributed by atoms with Crippen molar-refractivity contribution in [3.63, 3.8) is 0 Å². The molecule has 0 unspecified atom stereocenters. The average Bonchev–Trinajstić information content (AvgIpc) is 2.79. The molecule has 2 aromatic rings. The van der Waals surface area contributed by atoms with Crippen molar-refractivity contribution < 1.29 is 9.59 Å². The number of fused-ring (bicyclic) bond motifs is 1. The second kappa shape index (κ2) is 7.94. The Balaban J connectivity index is 1.73. The number of rotatable bonds is 3. The highest BCUT2D eigenvalue weighted by Crippen LogP contribution is 2.36. The summed E-state index contributed by atoms with van der Waals surface area (Å²) in [6, 6.07) is 7.91. The van der Waals surface area contributed by atoms with E-state index in [4.69, 9.17) is 17.3 Å². The smallest absolute Gasteiger partial charge is 0.227 e. The van der Waals surface area contributed by atoms with E-state index >= 15 is 0 Å². The topological polar surface area (TPSA) is 66.6 Å². The Kier molecular flexibility index (Phi) is 5.85. The summed E-state index contributed by atoms with van der Waals surface area (Å²) in [5.41, 5.74) is 6.05. The summed E-state index contributed by atoms with van der Waals surface area (Å²) in [7, 11) is 1.80. The molecular formula is C19H24ClN3O2S. The lowest BCUT2D eigenvalue weighted by atomic mass is 10.0. The Morgan fingerprint density at radius 2 is 2.04 bits per heavy atom. The lowest BCUT2D eigenvalue weighted by Gasteiger charge is -2.26. The first-order chi connectivity index (χ1) is 12.4. The number of nitrogens with zero attached hydrogens (tertiary/aromatic N) is 2.